The zero-order valence-electron chi connectivity index (χ0n) is 22.7. The Morgan fingerprint density at radius 2 is 1.60 bits per heavy atom. The van der Waals surface area contributed by atoms with Gasteiger partial charge < -0.3 is 14.0 Å². The standard InChI is InChI=1S/C31H28N4O4S/c1-20-5-8-25(9-6-20)40(36,37)35-12-11-23-15-29(38-3)30(39-4)16-27(23)31(35)34-19-24(14-22(17-32)18-33)26-10-7-21(2)13-28(26)34/h5-10,13-16,19,31H,11-12H2,1-4H3. The van der Waals surface area contributed by atoms with Crippen molar-refractivity contribution < 1.29 is 17.9 Å². The van der Waals surface area contributed by atoms with Crippen LogP contribution in [-0.4, -0.2) is 38.1 Å². The van der Waals surface area contributed by atoms with E-state index in [4.69, 9.17) is 9.47 Å². The van der Waals surface area contributed by atoms with E-state index >= 15 is 0 Å². The molecule has 0 fully saturated rings. The molecule has 1 atom stereocenters. The summed E-state index contributed by atoms with van der Waals surface area (Å²) in [5, 5.41) is 19.7. The van der Waals surface area contributed by atoms with Gasteiger partial charge in [-0.15, -0.1) is 0 Å². The molecule has 40 heavy (non-hydrogen) atoms. The van der Waals surface area contributed by atoms with Crippen molar-refractivity contribution in [2.75, 3.05) is 20.8 Å². The van der Waals surface area contributed by atoms with E-state index in [0.29, 0.717) is 23.5 Å². The minimum atomic E-state index is -3.94. The van der Waals surface area contributed by atoms with Crippen LogP contribution >= 0.6 is 0 Å². The largest absolute Gasteiger partial charge is 0.493 e. The van der Waals surface area contributed by atoms with Crippen molar-refractivity contribution in [2.24, 2.45) is 0 Å². The molecule has 0 spiro atoms. The predicted octanol–water partition coefficient (Wildman–Crippen LogP) is 5.50. The molecule has 5 rings (SSSR count). The smallest absolute Gasteiger partial charge is 0.245 e. The van der Waals surface area contributed by atoms with Crippen LogP contribution in [0.2, 0.25) is 0 Å². The molecule has 3 aromatic carbocycles. The number of rotatable bonds is 6. The summed E-state index contributed by atoms with van der Waals surface area (Å²) in [5.41, 5.74) is 5.03. The lowest BCUT2D eigenvalue weighted by Gasteiger charge is -2.38. The van der Waals surface area contributed by atoms with Gasteiger partial charge in [0.15, 0.2) is 11.5 Å². The van der Waals surface area contributed by atoms with Gasteiger partial charge in [0.25, 0.3) is 0 Å². The van der Waals surface area contributed by atoms with Crippen molar-refractivity contribution in [1.82, 2.24) is 8.87 Å². The quantitative estimate of drug-likeness (QED) is 0.292. The van der Waals surface area contributed by atoms with Crippen molar-refractivity contribution in [3.8, 4) is 23.6 Å². The molecule has 202 valence electrons. The summed E-state index contributed by atoms with van der Waals surface area (Å²) in [6.07, 6.45) is 3.06. The van der Waals surface area contributed by atoms with Crippen LogP contribution < -0.4 is 9.47 Å². The number of aryl methyl sites for hydroxylation is 2. The molecule has 2 heterocycles. The van der Waals surface area contributed by atoms with Gasteiger partial charge in [0.2, 0.25) is 10.0 Å². The molecule has 4 aromatic rings. The number of nitrogens with zero attached hydrogens (tertiary/aromatic N) is 4. The third-order valence-corrected chi connectivity index (χ3v) is 9.12. The molecular weight excluding hydrogens is 524 g/mol. The van der Waals surface area contributed by atoms with E-state index in [1.807, 2.05) is 67.1 Å². The molecule has 0 N–H and O–H groups in total. The summed E-state index contributed by atoms with van der Waals surface area (Å²) in [7, 11) is -0.818. The molecule has 0 saturated heterocycles. The zero-order chi connectivity index (χ0) is 28.6. The maximum absolute atomic E-state index is 14.2. The predicted molar refractivity (Wildman–Crippen MR) is 152 cm³/mol. The van der Waals surface area contributed by atoms with Gasteiger partial charge in [0.1, 0.15) is 23.9 Å². The zero-order valence-corrected chi connectivity index (χ0v) is 23.5. The Hall–Kier alpha value is -4.57. The summed E-state index contributed by atoms with van der Waals surface area (Å²) < 4.78 is 43.0. The summed E-state index contributed by atoms with van der Waals surface area (Å²) in [4.78, 5) is 0.205. The SMILES string of the molecule is COc1cc2c(cc1OC)C(n1cc(C=C(C#N)C#N)c3ccc(C)cc31)N(S(=O)(=O)c1ccc(C)cc1)CC2. The minimum Gasteiger partial charge on any atom is -0.493 e. The van der Waals surface area contributed by atoms with E-state index in [0.717, 1.165) is 33.2 Å². The molecular formula is C31H28N4O4S. The van der Waals surface area contributed by atoms with Gasteiger partial charge >= 0.3 is 0 Å². The van der Waals surface area contributed by atoms with E-state index in [1.54, 1.807) is 38.5 Å². The van der Waals surface area contributed by atoms with Crippen molar-refractivity contribution in [3.63, 3.8) is 0 Å². The number of nitriles is 2. The maximum Gasteiger partial charge on any atom is 0.245 e. The maximum atomic E-state index is 14.2. The summed E-state index contributed by atoms with van der Waals surface area (Å²) in [5.74, 6) is 1.06. The van der Waals surface area contributed by atoms with Crippen LogP contribution in [0.4, 0.5) is 0 Å². The average Bonchev–Trinajstić information content (AvgIpc) is 3.31. The van der Waals surface area contributed by atoms with Gasteiger partial charge in [-0.05, 0) is 73.4 Å². The number of benzene rings is 3. The van der Waals surface area contributed by atoms with E-state index < -0.39 is 16.2 Å². The lowest BCUT2D eigenvalue weighted by Crippen LogP contribution is -2.43. The van der Waals surface area contributed by atoms with E-state index in [2.05, 4.69) is 0 Å². The summed E-state index contributed by atoms with van der Waals surface area (Å²) >= 11 is 0. The fourth-order valence-corrected chi connectivity index (χ4v) is 6.80. The first-order valence-corrected chi connectivity index (χ1v) is 14.1. The monoisotopic (exact) mass is 552 g/mol. The van der Waals surface area contributed by atoms with Gasteiger partial charge in [-0.1, -0.05) is 29.8 Å². The van der Waals surface area contributed by atoms with E-state index in [9.17, 15) is 18.9 Å². The van der Waals surface area contributed by atoms with Crippen LogP contribution in [0.15, 0.2) is 71.3 Å². The Morgan fingerprint density at radius 1 is 0.950 bits per heavy atom. The average molecular weight is 553 g/mol. The van der Waals surface area contributed by atoms with Crippen LogP contribution in [0.1, 0.15) is 34.0 Å². The van der Waals surface area contributed by atoms with Gasteiger partial charge in [-0.3, -0.25) is 0 Å². The number of aromatic nitrogens is 1. The molecule has 1 aromatic heterocycles. The van der Waals surface area contributed by atoms with Crippen LogP contribution in [0.25, 0.3) is 17.0 Å². The number of fused-ring (bicyclic) bond motifs is 2. The second kappa shape index (κ2) is 10.5. The number of hydrogen-bond acceptors (Lipinski definition) is 6. The molecule has 8 nitrogen and oxygen atoms in total. The van der Waals surface area contributed by atoms with Gasteiger partial charge in [0, 0.05) is 23.7 Å². The van der Waals surface area contributed by atoms with Crippen LogP contribution in [0.3, 0.4) is 0 Å². The van der Waals surface area contributed by atoms with Crippen molar-refractivity contribution >= 4 is 27.0 Å². The number of sulfonamides is 1. The highest BCUT2D eigenvalue weighted by molar-refractivity contribution is 7.89. The number of hydrogen-bond donors (Lipinski definition) is 0. The number of ether oxygens (including phenoxy) is 2. The van der Waals surface area contributed by atoms with Crippen LogP contribution in [0.5, 0.6) is 11.5 Å². The normalized spacial score (nSPS) is 15.1. The first kappa shape index (κ1) is 27.0. The molecule has 1 aliphatic heterocycles. The molecule has 0 bridgehead atoms. The molecule has 0 aliphatic carbocycles. The lowest BCUT2D eigenvalue weighted by molar-refractivity contribution is 0.275. The summed E-state index contributed by atoms with van der Waals surface area (Å²) in [6.45, 7) is 4.11. The molecule has 0 amide bonds. The Bertz CT molecular complexity index is 1830. The van der Waals surface area contributed by atoms with Gasteiger partial charge in [-0.25, -0.2) is 8.42 Å². The highest BCUT2D eigenvalue weighted by Crippen LogP contribution is 2.43. The third-order valence-electron chi connectivity index (χ3n) is 7.25. The first-order valence-electron chi connectivity index (χ1n) is 12.7. The van der Waals surface area contributed by atoms with Crippen molar-refractivity contribution in [2.45, 2.75) is 31.3 Å². The molecule has 9 heteroatoms. The van der Waals surface area contributed by atoms with Crippen LogP contribution in [-0.2, 0) is 16.4 Å². The minimum absolute atomic E-state index is 0.0424. The first-order chi connectivity index (χ1) is 19.2. The Labute approximate surface area is 233 Å². The van der Waals surface area contributed by atoms with Crippen molar-refractivity contribution in [1.29, 1.82) is 10.5 Å². The Balaban J connectivity index is 1.82. The molecule has 0 radical (unpaired) electrons. The highest BCUT2D eigenvalue weighted by Gasteiger charge is 2.39. The Kier molecular flexibility index (Phi) is 7.12. The number of allylic oxidation sites excluding steroid dienone is 1. The van der Waals surface area contributed by atoms with Gasteiger partial charge in [-0.2, -0.15) is 14.8 Å². The van der Waals surface area contributed by atoms with E-state index in [-0.39, 0.29) is 17.0 Å². The fourth-order valence-electron chi connectivity index (χ4n) is 5.24. The molecule has 0 saturated carbocycles. The van der Waals surface area contributed by atoms with Crippen molar-refractivity contribution in [3.05, 3.63) is 94.2 Å². The lowest BCUT2D eigenvalue weighted by atomic mass is 9.97. The molecule has 1 aliphatic rings. The van der Waals surface area contributed by atoms with Crippen LogP contribution in [0, 0.1) is 36.5 Å². The van der Waals surface area contributed by atoms with E-state index in [1.165, 1.54) is 10.4 Å². The second-order valence-corrected chi connectivity index (χ2v) is 11.6. The summed E-state index contributed by atoms with van der Waals surface area (Å²) in [6, 6.07) is 20.3. The second-order valence-electron chi connectivity index (χ2n) is 9.75. The highest BCUT2D eigenvalue weighted by atomic mass is 32.2. The topological polar surface area (TPSA) is 108 Å². The fraction of sp³-hybridized carbons (Fsp3) is 0.226. The Morgan fingerprint density at radius 3 is 2.25 bits per heavy atom. The molecule has 1 unspecified atom stereocenters. The van der Waals surface area contributed by atoms with Gasteiger partial charge in [0.05, 0.1) is 24.6 Å². The number of methoxy groups -OCH3 is 2. The third kappa shape index (κ3) is 4.60.